The fourth-order valence-corrected chi connectivity index (χ4v) is 1.56. The zero-order valence-electron chi connectivity index (χ0n) is 9.88. The third-order valence-electron chi connectivity index (χ3n) is 2.45. The maximum atomic E-state index is 11.3. The number of pyridine rings is 1. The molecule has 0 aliphatic heterocycles. The molecule has 92 valence electrons. The topological polar surface area (TPSA) is 85.2 Å². The van der Waals surface area contributed by atoms with E-state index in [0.29, 0.717) is 22.9 Å². The first-order valence-electron chi connectivity index (χ1n) is 5.18. The SMILES string of the molecule is CC(CN(C)c1ncccc1C(N)=O)C(N)=S. The van der Waals surface area contributed by atoms with Crippen LogP contribution in [0.15, 0.2) is 18.3 Å². The molecule has 5 nitrogen and oxygen atoms in total. The molecule has 1 atom stereocenters. The van der Waals surface area contributed by atoms with Crippen LogP contribution in [0.25, 0.3) is 0 Å². The van der Waals surface area contributed by atoms with Gasteiger partial charge in [-0.25, -0.2) is 4.98 Å². The largest absolute Gasteiger partial charge is 0.393 e. The van der Waals surface area contributed by atoms with E-state index in [2.05, 4.69) is 4.98 Å². The Bertz CT molecular complexity index is 435. The van der Waals surface area contributed by atoms with Gasteiger partial charge in [-0.3, -0.25) is 4.79 Å². The summed E-state index contributed by atoms with van der Waals surface area (Å²) in [6, 6.07) is 3.32. The lowest BCUT2D eigenvalue weighted by Crippen LogP contribution is -2.33. The summed E-state index contributed by atoms with van der Waals surface area (Å²) in [5, 5.41) is 0. The van der Waals surface area contributed by atoms with Gasteiger partial charge in [0.2, 0.25) is 0 Å². The second-order valence-corrected chi connectivity index (χ2v) is 4.39. The Morgan fingerprint density at radius 3 is 2.76 bits per heavy atom. The molecule has 1 rings (SSSR count). The molecule has 1 aromatic rings. The number of hydrogen-bond donors (Lipinski definition) is 2. The van der Waals surface area contributed by atoms with Crippen molar-refractivity contribution < 1.29 is 4.79 Å². The number of nitrogens with zero attached hydrogens (tertiary/aromatic N) is 2. The predicted molar refractivity (Wildman–Crippen MR) is 72.0 cm³/mol. The average molecular weight is 252 g/mol. The number of amides is 1. The summed E-state index contributed by atoms with van der Waals surface area (Å²) in [6.07, 6.45) is 1.61. The molecule has 0 aliphatic carbocycles. The number of aromatic nitrogens is 1. The molecule has 1 amide bonds. The molecule has 1 heterocycles. The van der Waals surface area contributed by atoms with Gasteiger partial charge in [-0.05, 0) is 12.1 Å². The number of hydrogen-bond acceptors (Lipinski definition) is 4. The Morgan fingerprint density at radius 2 is 2.24 bits per heavy atom. The van der Waals surface area contributed by atoms with Gasteiger partial charge in [0, 0.05) is 25.7 Å². The minimum absolute atomic E-state index is 0.0396. The molecule has 0 saturated heterocycles. The smallest absolute Gasteiger partial charge is 0.252 e. The third kappa shape index (κ3) is 3.39. The molecular weight excluding hydrogens is 236 g/mol. The van der Waals surface area contributed by atoms with Crippen LogP contribution in [-0.4, -0.2) is 29.5 Å². The van der Waals surface area contributed by atoms with Crippen molar-refractivity contribution in [2.75, 3.05) is 18.5 Å². The number of thiocarbonyl (C=S) groups is 1. The molecule has 6 heteroatoms. The van der Waals surface area contributed by atoms with Gasteiger partial charge in [0.25, 0.3) is 5.91 Å². The van der Waals surface area contributed by atoms with E-state index < -0.39 is 5.91 Å². The van der Waals surface area contributed by atoms with Crippen LogP contribution in [0.3, 0.4) is 0 Å². The highest BCUT2D eigenvalue weighted by Crippen LogP contribution is 2.16. The molecule has 0 saturated carbocycles. The molecule has 0 aromatic carbocycles. The Labute approximate surface area is 106 Å². The van der Waals surface area contributed by atoms with Crippen molar-refractivity contribution in [2.24, 2.45) is 17.4 Å². The molecule has 4 N–H and O–H groups in total. The number of primary amides is 1. The van der Waals surface area contributed by atoms with Crippen molar-refractivity contribution in [2.45, 2.75) is 6.92 Å². The van der Waals surface area contributed by atoms with Crippen LogP contribution in [0, 0.1) is 5.92 Å². The molecule has 0 spiro atoms. The Morgan fingerprint density at radius 1 is 1.59 bits per heavy atom. The molecule has 0 bridgehead atoms. The van der Waals surface area contributed by atoms with Crippen LogP contribution in [-0.2, 0) is 0 Å². The highest BCUT2D eigenvalue weighted by atomic mass is 32.1. The van der Waals surface area contributed by atoms with Crippen LogP contribution in [0.1, 0.15) is 17.3 Å². The van der Waals surface area contributed by atoms with Gasteiger partial charge in [-0.15, -0.1) is 0 Å². The summed E-state index contributed by atoms with van der Waals surface area (Å²) >= 11 is 4.91. The minimum Gasteiger partial charge on any atom is -0.393 e. The quantitative estimate of drug-likeness (QED) is 0.747. The van der Waals surface area contributed by atoms with Crippen molar-refractivity contribution in [1.29, 1.82) is 0 Å². The summed E-state index contributed by atoms with van der Waals surface area (Å²) < 4.78 is 0. The average Bonchev–Trinajstić information content (AvgIpc) is 2.28. The molecule has 1 unspecified atom stereocenters. The van der Waals surface area contributed by atoms with Gasteiger partial charge < -0.3 is 16.4 Å². The van der Waals surface area contributed by atoms with Gasteiger partial charge in [0.05, 0.1) is 10.6 Å². The Hall–Kier alpha value is -1.69. The third-order valence-corrected chi connectivity index (χ3v) is 2.85. The summed E-state index contributed by atoms with van der Waals surface area (Å²) in [7, 11) is 1.82. The molecule has 17 heavy (non-hydrogen) atoms. The first-order chi connectivity index (χ1) is 7.93. The van der Waals surface area contributed by atoms with Crippen molar-refractivity contribution in [3.8, 4) is 0 Å². The molecule has 0 fully saturated rings. The van der Waals surface area contributed by atoms with Crippen molar-refractivity contribution in [1.82, 2.24) is 4.98 Å². The molecular formula is C11H16N4OS. The van der Waals surface area contributed by atoms with E-state index in [4.69, 9.17) is 23.7 Å². The monoisotopic (exact) mass is 252 g/mol. The highest BCUT2D eigenvalue weighted by Gasteiger charge is 2.15. The van der Waals surface area contributed by atoms with Crippen LogP contribution in [0.4, 0.5) is 5.82 Å². The van der Waals surface area contributed by atoms with Crippen LogP contribution in [0.5, 0.6) is 0 Å². The first-order valence-corrected chi connectivity index (χ1v) is 5.59. The lowest BCUT2D eigenvalue weighted by Gasteiger charge is -2.23. The highest BCUT2D eigenvalue weighted by molar-refractivity contribution is 7.80. The van der Waals surface area contributed by atoms with Gasteiger partial charge in [-0.1, -0.05) is 19.1 Å². The van der Waals surface area contributed by atoms with Crippen molar-refractivity contribution in [3.05, 3.63) is 23.9 Å². The van der Waals surface area contributed by atoms with Crippen molar-refractivity contribution in [3.63, 3.8) is 0 Å². The Kier molecular flexibility index (Phi) is 4.39. The minimum atomic E-state index is -0.497. The molecule has 1 aromatic heterocycles. The Balaban J connectivity index is 2.92. The summed E-state index contributed by atoms with van der Waals surface area (Å²) in [5.74, 6) is 0.0868. The predicted octanol–water partition coefficient (Wildman–Crippen LogP) is 0.539. The van der Waals surface area contributed by atoms with E-state index in [1.165, 1.54) is 0 Å². The maximum Gasteiger partial charge on any atom is 0.252 e. The summed E-state index contributed by atoms with van der Waals surface area (Å²) in [4.78, 5) is 17.7. The number of rotatable bonds is 5. The van der Waals surface area contributed by atoms with Crippen LogP contribution < -0.4 is 16.4 Å². The second-order valence-electron chi connectivity index (χ2n) is 3.92. The first kappa shape index (κ1) is 13.4. The zero-order chi connectivity index (χ0) is 13.0. The molecule has 0 aliphatic rings. The number of carbonyl (C=O) groups excluding carboxylic acids is 1. The van der Waals surface area contributed by atoms with E-state index in [1.54, 1.807) is 18.3 Å². The molecule has 0 radical (unpaired) electrons. The van der Waals surface area contributed by atoms with Gasteiger partial charge in [-0.2, -0.15) is 0 Å². The standard InChI is InChI=1S/C11H16N4OS/c1-7(10(13)17)6-15(2)11-8(9(12)16)4-3-5-14-11/h3-5,7H,6H2,1-2H3,(H2,12,16)(H2,13,17). The van der Waals surface area contributed by atoms with Gasteiger partial charge in [0.15, 0.2) is 0 Å². The van der Waals surface area contributed by atoms with Gasteiger partial charge in [0.1, 0.15) is 5.82 Å². The second kappa shape index (κ2) is 5.58. The van der Waals surface area contributed by atoms with Crippen molar-refractivity contribution >= 4 is 28.9 Å². The number of carbonyl (C=O) groups is 1. The lowest BCUT2D eigenvalue weighted by atomic mass is 10.1. The fourth-order valence-electron chi connectivity index (χ4n) is 1.48. The maximum absolute atomic E-state index is 11.3. The summed E-state index contributed by atoms with van der Waals surface area (Å²) in [6.45, 7) is 2.51. The fraction of sp³-hybridized carbons (Fsp3) is 0.364. The van der Waals surface area contributed by atoms with E-state index in [1.807, 2.05) is 18.9 Å². The summed E-state index contributed by atoms with van der Waals surface area (Å²) in [5.41, 5.74) is 11.2. The zero-order valence-corrected chi connectivity index (χ0v) is 10.7. The number of nitrogens with two attached hydrogens (primary N) is 2. The van der Waals surface area contributed by atoms with Crippen LogP contribution in [0.2, 0.25) is 0 Å². The lowest BCUT2D eigenvalue weighted by molar-refractivity contribution is 0.100. The van der Waals surface area contributed by atoms with E-state index >= 15 is 0 Å². The van der Waals surface area contributed by atoms with E-state index in [9.17, 15) is 4.79 Å². The van der Waals surface area contributed by atoms with Gasteiger partial charge >= 0.3 is 0 Å². The van der Waals surface area contributed by atoms with E-state index in [0.717, 1.165) is 0 Å². The number of anilines is 1. The normalized spacial score (nSPS) is 11.9. The van der Waals surface area contributed by atoms with E-state index in [-0.39, 0.29) is 5.92 Å². The van der Waals surface area contributed by atoms with Crippen LogP contribution >= 0.6 is 12.2 Å².